The van der Waals surface area contributed by atoms with Crippen molar-refractivity contribution in [1.29, 1.82) is 0 Å². The first-order valence-corrected chi connectivity index (χ1v) is 13.0. The Morgan fingerprint density at radius 3 is 2.11 bits per heavy atom. The molecule has 0 N–H and O–H groups in total. The van der Waals surface area contributed by atoms with Gasteiger partial charge in [-0.1, -0.05) is 67.6 Å². The lowest BCUT2D eigenvalue weighted by Gasteiger charge is -2.26. The molecule has 4 aromatic rings. The number of rotatable bonds is 12. The molecule has 0 saturated heterocycles. The molecule has 3 aromatic carbocycles. The first-order chi connectivity index (χ1) is 17.5. The monoisotopic (exact) mass is 510 g/mol. The second-order valence-corrected chi connectivity index (χ2v) is 9.69. The summed E-state index contributed by atoms with van der Waals surface area (Å²) >= 11 is 0. The van der Waals surface area contributed by atoms with Crippen LogP contribution in [0.3, 0.4) is 0 Å². The van der Waals surface area contributed by atoms with E-state index in [0.29, 0.717) is 24.4 Å². The molecule has 9 heteroatoms. The Hall–Kier alpha value is -3.43. The Morgan fingerprint density at radius 2 is 1.50 bits per heavy atom. The van der Waals surface area contributed by atoms with Crippen LogP contribution < -0.4 is 4.31 Å². The largest absolute Gasteiger partial charge is 0.415 e. The Labute approximate surface area is 212 Å². The molecule has 1 aromatic heterocycles. The van der Waals surface area contributed by atoms with Crippen molar-refractivity contribution < 1.29 is 17.4 Å². The van der Waals surface area contributed by atoms with Crippen LogP contribution in [0.2, 0.25) is 0 Å². The number of aromatic nitrogens is 2. The molecule has 188 valence electrons. The van der Waals surface area contributed by atoms with E-state index in [1.54, 1.807) is 12.1 Å². The maximum Gasteiger partial charge on any atom is 0.314 e. The summed E-state index contributed by atoms with van der Waals surface area (Å²) in [6.45, 7) is 4.90. The molecule has 0 aliphatic carbocycles. The highest BCUT2D eigenvalue weighted by atomic mass is 32.2. The van der Waals surface area contributed by atoms with Gasteiger partial charge in [-0.05, 0) is 41.9 Å². The predicted octanol–water partition coefficient (Wildman–Crippen LogP) is 5.87. The average Bonchev–Trinajstić information content (AvgIpc) is 3.42. The average molecular weight is 511 g/mol. The molecule has 0 saturated carbocycles. The molecule has 4 rings (SSSR count). The third-order valence-electron chi connectivity index (χ3n) is 5.72. The van der Waals surface area contributed by atoms with Gasteiger partial charge < -0.3 is 4.42 Å². The van der Waals surface area contributed by atoms with E-state index in [1.807, 2.05) is 65.0 Å². The van der Waals surface area contributed by atoms with Crippen molar-refractivity contribution in [3.05, 3.63) is 102 Å². The Balaban J connectivity index is 1.45. The molecule has 6 nitrogen and oxygen atoms in total. The zero-order chi connectivity index (χ0) is 25.3. The highest BCUT2D eigenvalue weighted by molar-refractivity contribution is 7.86. The van der Waals surface area contributed by atoms with Gasteiger partial charge in [-0.25, -0.2) is 4.21 Å². The molecule has 1 heterocycles. The van der Waals surface area contributed by atoms with Gasteiger partial charge in [0.1, 0.15) is 11.0 Å². The standard InChI is InChI=1S/C27H28F2N4O2S/c1-2-32(19-21-9-5-3-6-10-21)17-18-36(34)33(24-11-7-4-8-12-24)20-22-13-15-23(16-14-22)26-30-31-27(35-26)25(28)29/h3-16,25H,2,17-20H2,1H3. The highest BCUT2D eigenvalue weighted by Gasteiger charge is 2.18. The second-order valence-electron chi connectivity index (χ2n) is 8.20. The summed E-state index contributed by atoms with van der Waals surface area (Å²) in [6.07, 6.45) is -2.81. The van der Waals surface area contributed by atoms with E-state index in [0.717, 1.165) is 24.3 Å². The van der Waals surface area contributed by atoms with Gasteiger partial charge in [0.05, 0.1) is 12.3 Å². The predicted molar refractivity (Wildman–Crippen MR) is 138 cm³/mol. The highest BCUT2D eigenvalue weighted by Crippen LogP contribution is 2.25. The van der Waals surface area contributed by atoms with Crippen LogP contribution >= 0.6 is 0 Å². The lowest BCUT2D eigenvalue weighted by molar-refractivity contribution is 0.116. The number of halogens is 2. The summed E-state index contributed by atoms with van der Waals surface area (Å²) in [5, 5.41) is 7.07. The zero-order valence-electron chi connectivity index (χ0n) is 20.0. The lowest BCUT2D eigenvalue weighted by atomic mass is 10.1. The van der Waals surface area contributed by atoms with E-state index < -0.39 is 23.3 Å². The molecule has 0 radical (unpaired) electrons. The summed E-state index contributed by atoms with van der Waals surface area (Å²) in [4.78, 5) is 2.28. The fraction of sp³-hybridized carbons (Fsp3) is 0.259. The summed E-state index contributed by atoms with van der Waals surface area (Å²) in [6, 6.07) is 27.1. The lowest BCUT2D eigenvalue weighted by Crippen LogP contribution is -2.33. The van der Waals surface area contributed by atoms with Gasteiger partial charge in [0.2, 0.25) is 5.89 Å². The van der Waals surface area contributed by atoms with Crippen molar-refractivity contribution in [2.75, 3.05) is 23.1 Å². The third-order valence-corrected chi connectivity index (χ3v) is 7.09. The minimum atomic E-state index is -2.81. The molecule has 0 amide bonds. The van der Waals surface area contributed by atoms with Gasteiger partial charge in [-0.3, -0.25) is 9.21 Å². The molecule has 0 spiro atoms. The van der Waals surface area contributed by atoms with Gasteiger partial charge in [-0.2, -0.15) is 8.78 Å². The molecule has 0 fully saturated rings. The first kappa shape index (κ1) is 25.7. The fourth-order valence-corrected chi connectivity index (χ4v) is 5.03. The van der Waals surface area contributed by atoms with Crippen molar-refractivity contribution in [2.24, 2.45) is 0 Å². The van der Waals surface area contributed by atoms with E-state index in [2.05, 4.69) is 34.2 Å². The van der Waals surface area contributed by atoms with Crippen LogP contribution in [0.5, 0.6) is 0 Å². The number of benzene rings is 3. The molecule has 0 aliphatic heterocycles. The van der Waals surface area contributed by atoms with Gasteiger partial charge in [0.25, 0.3) is 5.89 Å². The van der Waals surface area contributed by atoms with Gasteiger partial charge in [0, 0.05) is 24.3 Å². The number of nitrogens with zero attached hydrogens (tertiary/aromatic N) is 4. The molecule has 36 heavy (non-hydrogen) atoms. The number of alkyl halides is 2. The molecule has 1 atom stereocenters. The maximum absolute atomic E-state index is 13.5. The van der Waals surface area contributed by atoms with Gasteiger partial charge >= 0.3 is 6.43 Å². The topological polar surface area (TPSA) is 62.5 Å². The van der Waals surface area contributed by atoms with E-state index in [1.165, 1.54) is 5.56 Å². The van der Waals surface area contributed by atoms with Crippen LogP contribution in [0.4, 0.5) is 14.5 Å². The minimum Gasteiger partial charge on any atom is -0.415 e. The van der Waals surface area contributed by atoms with Crippen LogP contribution in [0, 0.1) is 0 Å². The van der Waals surface area contributed by atoms with Gasteiger partial charge in [0.15, 0.2) is 0 Å². The number of hydrogen-bond donors (Lipinski definition) is 0. The van der Waals surface area contributed by atoms with E-state index in [-0.39, 0.29) is 5.89 Å². The summed E-state index contributed by atoms with van der Waals surface area (Å²) in [5.74, 6) is -0.169. The van der Waals surface area contributed by atoms with Crippen LogP contribution in [0.1, 0.15) is 30.4 Å². The molecular formula is C27H28F2N4O2S. The molecular weight excluding hydrogens is 482 g/mol. The summed E-state index contributed by atoms with van der Waals surface area (Å²) < 4.78 is 45.9. The van der Waals surface area contributed by atoms with Crippen molar-refractivity contribution in [2.45, 2.75) is 26.4 Å². The van der Waals surface area contributed by atoms with Crippen molar-refractivity contribution in [3.63, 3.8) is 0 Å². The number of anilines is 1. The molecule has 0 aliphatic rings. The fourth-order valence-electron chi connectivity index (χ4n) is 3.74. The number of hydrogen-bond acceptors (Lipinski definition) is 5. The van der Waals surface area contributed by atoms with Crippen LogP contribution in [0.25, 0.3) is 11.5 Å². The molecule has 0 bridgehead atoms. The quantitative estimate of drug-likeness (QED) is 0.239. The minimum absolute atomic E-state index is 0.0402. The van der Waals surface area contributed by atoms with E-state index in [4.69, 9.17) is 4.42 Å². The van der Waals surface area contributed by atoms with Gasteiger partial charge in [-0.15, -0.1) is 10.2 Å². The van der Waals surface area contributed by atoms with Crippen LogP contribution in [-0.4, -0.2) is 38.1 Å². The Kier molecular flexibility index (Phi) is 8.91. The zero-order valence-corrected chi connectivity index (χ0v) is 20.8. The third kappa shape index (κ3) is 6.83. The van der Waals surface area contributed by atoms with Crippen molar-refractivity contribution in [3.8, 4) is 11.5 Å². The Bertz CT molecular complexity index is 1240. The van der Waals surface area contributed by atoms with Crippen molar-refractivity contribution in [1.82, 2.24) is 15.1 Å². The second kappa shape index (κ2) is 12.5. The van der Waals surface area contributed by atoms with Crippen LogP contribution in [0.15, 0.2) is 89.3 Å². The Morgan fingerprint density at radius 1 is 0.861 bits per heavy atom. The number of para-hydroxylation sites is 1. The normalized spacial score (nSPS) is 12.2. The SMILES string of the molecule is CCN(CCS(=O)N(Cc1ccc(-c2nnc(C(F)F)o2)cc1)c1ccccc1)Cc1ccccc1. The maximum atomic E-state index is 13.5. The summed E-state index contributed by atoms with van der Waals surface area (Å²) in [7, 11) is -1.27. The van der Waals surface area contributed by atoms with E-state index >= 15 is 0 Å². The molecule has 1 unspecified atom stereocenters. The first-order valence-electron chi connectivity index (χ1n) is 11.7. The van der Waals surface area contributed by atoms with E-state index in [9.17, 15) is 13.0 Å². The van der Waals surface area contributed by atoms with Crippen LogP contribution in [-0.2, 0) is 24.1 Å². The smallest absolute Gasteiger partial charge is 0.314 e. The van der Waals surface area contributed by atoms with Crippen molar-refractivity contribution >= 4 is 16.7 Å². The summed E-state index contributed by atoms with van der Waals surface area (Å²) in [5.41, 5.74) is 3.56.